The maximum absolute atomic E-state index is 13.7. The van der Waals surface area contributed by atoms with Gasteiger partial charge in [0.1, 0.15) is 11.6 Å². The van der Waals surface area contributed by atoms with Gasteiger partial charge in [-0.05, 0) is 36.8 Å². The Morgan fingerprint density at radius 1 is 1.08 bits per heavy atom. The number of anilines is 2. The van der Waals surface area contributed by atoms with Gasteiger partial charge in [-0.2, -0.15) is 13.2 Å². The highest BCUT2D eigenvalue weighted by atomic mass is 32.1. The van der Waals surface area contributed by atoms with E-state index in [1.165, 1.54) is 13.0 Å². The van der Waals surface area contributed by atoms with Gasteiger partial charge in [0.2, 0.25) is 0 Å². The van der Waals surface area contributed by atoms with Crippen LogP contribution in [0, 0.1) is 18.6 Å². The first-order chi connectivity index (χ1) is 12.1. The van der Waals surface area contributed by atoms with Gasteiger partial charge in [-0.3, -0.25) is 5.32 Å². The molecule has 0 saturated carbocycles. The van der Waals surface area contributed by atoms with Crippen LogP contribution >= 0.6 is 11.3 Å². The lowest BCUT2D eigenvalue weighted by Crippen LogP contribution is -2.20. The number of aromatic nitrogens is 1. The van der Waals surface area contributed by atoms with E-state index in [0.29, 0.717) is 0 Å². The Kier molecular flexibility index (Phi) is 4.53. The van der Waals surface area contributed by atoms with Gasteiger partial charge in [0.05, 0.1) is 21.5 Å². The van der Waals surface area contributed by atoms with E-state index in [9.17, 15) is 26.7 Å². The Bertz CT molecular complexity index is 999. The molecule has 3 rings (SSSR count). The van der Waals surface area contributed by atoms with Crippen molar-refractivity contribution >= 4 is 38.4 Å². The summed E-state index contributed by atoms with van der Waals surface area (Å²) in [5.74, 6) is -1.51. The summed E-state index contributed by atoms with van der Waals surface area (Å²) in [6.45, 7) is 1.37. The molecule has 2 N–H and O–H groups in total. The van der Waals surface area contributed by atoms with Crippen molar-refractivity contribution in [2.45, 2.75) is 13.1 Å². The standard InChI is InChI=1S/C16H10F5N3OS/c1-7-4-10(18)12(6-9(7)17)22-14(25)24-15-23-11-3-2-8(16(19,20)21)5-13(11)26-15/h2-6H,1H3,(H2,22,23,24,25). The number of thiazole rings is 1. The first-order valence-corrected chi connectivity index (χ1v) is 7.96. The van der Waals surface area contributed by atoms with Gasteiger partial charge in [-0.25, -0.2) is 18.6 Å². The van der Waals surface area contributed by atoms with E-state index >= 15 is 0 Å². The van der Waals surface area contributed by atoms with E-state index in [4.69, 9.17) is 0 Å². The number of halogens is 5. The minimum Gasteiger partial charge on any atom is -0.305 e. The second kappa shape index (κ2) is 6.52. The molecule has 0 spiro atoms. The molecule has 0 fully saturated rings. The number of carbonyl (C=O) groups is 1. The molecule has 0 atom stereocenters. The fourth-order valence-electron chi connectivity index (χ4n) is 2.15. The fraction of sp³-hybridized carbons (Fsp3) is 0.125. The lowest BCUT2D eigenvalue weighted by atomic mass is 10.2. The van der Waals surface area contributed by atoms with Crippen molar-refractivity contribution in [3.8, 4) is 0 Å². The molecular formula is C16H10F5N3OS. The highest BCUT2D eigenvalue weighted by molar-refractivity contribution is 7.22. The van der Waals surface area contributed by atoms with Crippen LogP contribution in [0.1, 0.15) is 11.1 Å². The van der Waals surface area contributed by atoms with Crippen molar-refractivity contribution < 1.29 is 26.7 Å². The van der Waals surface area contributed by atoms with Crippen LogP contribution in [0.4, 0.5) is 37.6 Å². The number of alkyl halides is 3. The molecule has 0 aliphatic rings. The number of carbonyl (C=O) groups excluding carboxylic acids is 1. The number of rotatable bonds is 2. The van der Waals surface area contributed by atoms with Crippen LogP contribution in [0.2, 0.25) is 0 Å². The minimum absolute atomic E-state index is 0.0183. The maximum Gasteiger partial charge on any atom is 0.416 e. The number of aryl methyl sites for hydroxylation is 1. The summed E-state index contributed by atoms with van der Waals surface area (Å²) in [6.07, 6.45) is -4.49. The predicted octanol–water partition coefficient (Wildman–Crippen LogP) is 5.55. The van der Waals surface area contributed by atoms with Crippen molar-refractivity contribution in [1.82, 2.24) is 4.98 Å². The Balaban J connectivity index is 1.78. The van der Waals surface area contributed by atoms with Crippen molar-refractivity contribution in [2.75, 3.05) is 10.6 Å². The smallest absolute Gasteiger partial charge is 0.305 e. The van der Waals surface area contributed by atoms with E-state index in [-0.39, 0.29) is 26.6 Å². The summed E-state index contributed by atoms with van der Waals surface area (Å²) in [5, 5.41) is 4.43. The first-order valence-electron chi connectivity index (χ1n) is 7.15. The number of nitrogens with zero attached hydrogens (tertiary/aromatic N) is 1. The van der Waals surface area contributed by atoms with Crippen molar-refractivity contribution in [3.05, 3.63) is 53.1 Å². The number of hydrogen-bond donors (Lipinski definition) is 2. The zero-order chi connectivity index (χ0) is 19.1. The molecule has 1 aromatic heterocycles. The summed E-state index contributed by atoms with van der Waals surface area (Å²) in [7, 11) is 0. The monoisotopic (exact) mass is 387 g/mol. The molecule has 136 valence electrons. The summed E-state index contributed by atoms with van der Waals surface area (Å²) >= 11 is 0.825. The first kappa shape index (κ1) is 18.1. The normalized spacial score (nSPS) is 11.6. The summed E-state index contributed by atoms with van der Waals surface area (Å²) in [4.78, 5) is 15.9. The predicted molar refractivity (Wildman–Crippen MR) is 88.4 cm³/mol. The molecule has 0 aliphatic carbocycles. The van der Waals surface area contributed by atoms with Crippen LogP contribution in [-0.4, -0.2) is 11.0 Å². The molecule has 2 amide bonds. The molecule has 10 heteroatoms. The molecule has 0 aliphatic heterocycles. The highest BCUT2D eigenvalue weighted by Crippen LogP contribution is 2.34. The number of amides is 2. The number of urea groups is 1. The van der Waals surface area contributed by atoms with E-state index in [2.05, 4.69) is 15.6 Å². The van der Waals surface area contributed by atoms with Crippen LogP contribution in [-0.2, 0) is 6.18 Å². The lowest BCUT2D eigenvalue weighted by molar-refractivity contribution is -0.137. The number of nitrogens with one attached hydrogen (secondary N) is 2. The molecule has 0 saturated heterocycles. The topological polar surface area (TPSA) is 54.0 Å². The SMILES string of the molecule is Cc1cc(F)c(NC(=O)Nc2nc3ccc(C(F)(F)F)cc3s2)cc1F. The van der Waals surface area contributed by atoms with Gasteiger partial charge in [-0.1, -0.05) is 11.3 Å². The zero-order valence-corrected chi connectivity index (χ0v) is 13.9. The molecule has 0 radical (unpaired) electrons. The van der Waals surface area contributed by atoms with Gasteiger partial charge in [0, 0.05) is 6.07 Å². The van der Waals surface area contributed by atoms with Crippen LogP contribution < -0.4 is 10.6 Å². The van der Waals surface area contributed by atoms with E-state index in [1.807, 2.05) is 0 Å². The van der Waals surface area contributed by atoms with Gasteiger partial charge < -0.3 is 5.32 Å². The van der Waals surface area contributed by atoms with E-state index in [0.717, 1.165) is 35.6 Å². The fourth-order valence-corrected chi connectivity index (χ4v) is 3.05. The summed E-state index contributed by atoms with van der Waals surface area (Å²) in [6, 6.07) is 3.86. The maximum atomic E-state index is 13.7. The molecule has 3 aromatic rings. The number of benzene rings is 2. The second-order valence-electron chi connectivity index (χ2n) is 5.36. The molecular weight excluding hydrogens is 377 g/mol. The third-order valence-electron chi connectivity index (χ3n) is 3.43. The molecule has 0 unspecified atom stereocenters. The lowest BCUT2D eigenvalue weighted by Gasteiger charge is -2.07. The third-order valence-corrected chi connectivity index (χ3v) is 4.37. The molecule has 4 nitrogen and oxygen atoms in total. The Labute approximate surface area is 147 Å². The van der Waals surface area contributed by atoms with Crippen molar-refractivity contribution in [1.29, 1.82) is 0 Å². The Morgan fingerprint density at radius 3 is 2.50 bits per heavy atom. The van der Waals surface area contributed by atoms with Crippen LogP contribution in [0.15, 0.2) is 30.3 Å². The average molecular weight is 387 g/mol. The van der Waals surface area contributed by atoms with Gasteiger partial charge >= 0.3 is 12.2 Å². The zero-order valence-electron chi connectivity index (χ0n) is 13.0. The Hall–Kier alpha value is -2.75. The van der Waals surface area contributed by atoms with Gasteiger partial charge in [0.25, 0.3) is 0 Å². The number of hydrogen-bond acceptors (Lipinski definition) is 3. The average Bonchev–Trinajstić information content (AvgIpc) is 2.92. The quantitative estimate of drug-likeness (QED) is 0.567. The van der Waals surface area contributed by atoms with E-state index < -0.39 is 29.4 Å². The molecule has 1 heterocycles. The largest absolute Gasteiger partial charge is 0.416 e. The van der Waals surface area contributed by atoms with E-state index in [1.54, 1.807) is 0 Å². The summed E-state index contributed by atoms with van der Waals surface area (Å²) in [5.41, 5.74) is -0.848. The Morgan fingerprint density at radius 2 is 1.81 bits per heavy atom. The van der Waals surface area contributed by atoms with Crippen LogP contribution in [0.3, 0.4) is 0 Å². The summed E-state index contributed by atoms with van der Waals surface area (Å²) < 4.78 is 65.6. The van der Waals surface area contributed by atoms with Crippen molar-refractivity contribution in [3.63, 3.8) is 0 Å². The molecule has 2 aromatic carbocycles. The second-order valence-corrected chi connectivity index (χ2v) is 6.39. The number of fused-ring (bicyclic) bond motifs is 1. The third kappa shape index (κ3) is 3.74. The highest BCUT2D eigenvalue weighted by Gasteiger charge is 2.30. The van der Waals surface area contributed by atoms with Crippen LogP contribution in [0.5, 0.6) is 0 Å². The molecule has 26 heavy (non-hydrogen) atoms. The molecule has 0 bridgehead atoms. The van der Waals surface area contributed by atoms with Crippen molar-refractivity contribution in [2.24, 2.45) is 0 Å². The minimum atomic E-state index is -4.49. The van der Waals surface area contributed by atoms with Gasteiger partial charge in [-0.15, -0.1) is 0 Å². The van der Waals surface area contributed by atoms with Gasteiger partial charge in [0.15, 0.2) is 5.13 Å². The van der Waals surface area contributed by atoms with Crippen LogP contribution in [0.25, 0.3) is 10.2 Å².